The quantitative estimate of drug-likeness (QED) is 0.120. The van der Waals surface area contributed by atoms with Crippen molar-refractivity contribution in [2.24, 2.45) is 0 Å². The average molecular weight is 724 g/mol. The number of hydrogen-bond donors (Lipinski definition) is 5. The van der Waals surface area contributed by atoms with E-state index in [-0.39, 0.29) is 62.3 Å². The number of amides is 5. The van der Waals surface area contributed by atoms with Gasteiger partial charge in [0, 0.05) is 42.6 Å². The summed E-state index contributed by atoms with van der Waals surface area (Å²) in [6.45, 7) is 0.310. The molecule has 4 heterocycles. The SMILES string of the molecule is O=C(C[C@H](Cc1ccc(O)cc1)NC(=O)[C@@H]1C[C@@H](NC(=O)c2ccc3c(c2)B(O)OC3)CN1C(=O)c1ccc2c(c1)B(O)OC2)ON1C(=O)CCC1=O. The molecule has 7 rings (SSSR count). The Morgan fingerprint density at radius 1 is 0.868 bits per heavy atom. The maximum atomic E-state index is 14.2. The summed E-state index contributed by atoms with van der Waals surface area (Å²) in [5.41, 5.74) is 3.40. The third-order valence-electron chi connectivity index (χ3n) is 9.70. The summed E-state index contributed by atoms with van der Waals surface area (Å²) < 4.78 is 10.5. The van der Waals surface area contributed by atoms with E-state index in [1.165, 1.54) is 29.2 Å². The van der Waals surface area contributed by atoms with Crippen LogP contribution in [-0.4, -0.2) is 99.5 Å². The molecule has 0 saturated carbocycles. The number of hydroxylamine groups is 2. The zero-order valence-electron chi connectivity index (χ0n) is 28.2. The van der Waals surface area contributed by atoms with Gasteiger partial charge in [-0.15, -0.1) is 5.06 Å². The standard InChI is InChI=1S/C35H34B2N4O12/c42-26-7-1-19(2-8-26)11-24(15-32(45)53-41-30(43)9-10-31(41)44)38-34(47)29-14-25(39-33(46)20-3-5-22-17-51-36(49)27(22)12-20)16-40(29)35(48)21-4-6-23-18-52-37(50)28(23)13-21/h1-8,12-13,24-25,29,42,49-50H,9-11,14-18H2,(H,38,47)(H,39,46)/t24-,25+,29-/m0/s1. The van der Waals surface area contributed by atoms with Crippen LogP contribution in [-0.2, 0) is 53.0 Å². The van der Waals surface area contributed by atoms with Gasteiger partial charge in [-0.3, -0.25) is 24.0 Å². The van der Waals surface area contributed by atoms with E-state index in [4.69, 9.17) is 14.1 Å². The fourth-order valence-electron chi connectivity index (χ4n) is 6.94. The molecule has 3 aromatic carbocycles. The van der Waals surface area contributed by atoms with E-state index in [2.05, 4.69) is 10.6 Å². The first-order valence-electron chi connectivity index (χ1n) is 17.0. The van der Waals surface area contributed by atoms with Gasteiger partial charge < -0.3 is 44.8 Å². The highest BCUT2D eigenvalue weighted by molar-refractivity contribution is 6.62. The normalized spacial score (nSPS) is 19.7. The van der Waals surface area contributed by atoms with Gasteiger partial charge in [0.25, 0.3) is 23.6 Å². The molecule has 16 nitrogen and oxygen atoms in total. The minimum Gasteiger partial charge on any atom is -0.508 e. The highest BCUT2D eigenvalue weighted by Crippen LogP contribution is 2.24. The summed E-state index contributed by atoms with van der Waals surface area (Å²) in [7, 11) is -2.38. The second kappa shape index (κ2) is 14.8. The number of fused-ring (bicyclic) bond motifs is 2. The highest BCUT2D eigenvalue weighted by atomic mass is 16.7. The van der Waals surface area contributed by atoms with Gasteiger partial charge in [-0.1, -0.05) is 24.3 Å². The number of carbonyl (C=O) groups is 6. The van der Waals surface area contributed by atoms with E-state index in [1.807, 2.05) is 0 Å². The summed E-state index contributed by atoms with van der Waals surface area (Å²) in [6.07, 6.45) is -0.588. The molecule has 4 aliphatic rings. The van der Waals surface area contributed by atoms with E-state index in [1.54, 1.807) is 36.4 Å². The second-order valence-corrected chi connectivity index (χ2v) is 13.4. The summed E-state index contributed by atoms with van der Waals surface area (Å²) in [4.78, 5) is 85.1. The summed E-state index contributed by atoms with van der Waals surface area (Å²) in [5, 5.41) is 36.3. The first kappa shape index (κ1) is 35.8. The Hall–Kier alpha value is -5.55. The number of phenols is 1. The smallest absolute Gasteiger partial charge is 0.491 e. The lowest BCUT2D eigenvalue weighted by Gasteiger charge is -2.27. The maximum Gasteiger partial charge on any atom is 0.491 e. The molecule has 0 aromatic heterocycles. The lowest BCUT2D eigenvalue weighted by Crippen LogP contribution is -2.50. The van der Waals surface area contributed by atoms with Crippen LogP contribution in [0.15, 0.2) is 60.7 Å². The molecule has 272 valence electrons. The fraction of sp³-hybridized carbons (Fsp3) is 0.314. The van der Waals surface area contributed by atoms with Crippen LogP contribution in [0.2, 0.25) is 0 Å². The Labute approximate surface area is 303 Å². The lowest BCUT2D eigenvalue weighted by atomic mass is 9.78. The van der Waals surface area contributed by atoms with Gasteiger partial charge in [0.05, 0.1) is 19.6 Å². The summed E-state index contributed by atoms with van der Waals surface area (Å²) >= 11 is 0. The molecule has 2 fully saturated rings. The highest BCUT2D eigenvalue weighted by Gasteiger charge is 2.42. The van der Waals surface area contributed by atoms with Crippen molar-refractivity contribution in [1.82, 2.24) is 20.6 Å². The van der Waals surface area contributed by atoms with Crippen molar-refractivity contribution in [2.45, 2.75) is 63.4 Å². The van der Waals surface area contributed by atoms with Crippen LogP contribution in [0.25, 0.3) is 0 Å². The van der Waals surface area contributed by atoms with Gasteiger partial charge in [-0.2, -0.15) is 0 Å². The first-order chi connectivity index (χ1) is 25.4. The van der Waals surface area contributed by atoms with Crippen molar-refractivity contribution in [3.63, 3.8) is 0 Å². The van der Waals surface area contributed by atoms with Crippen LogP contribution >= 0.6 is 0 Å². The van der Waals surface area contributed by atoms with Gasteiger partial charge in [0.2, 0.25) is 5.91 Å². The fourth-order valence-corrected chi connectivity index (χ4v) is 6.94. The molecule has 0 aliphatic carbocycles. The van der Waals surface area contributed by atoms with Crippen LogP contribution < -0.4 is 21.6 Å². The Balaban J connectivity index is 1.12. The van der Waals surface area contributed by atoms with E-state index in [0.29, 0.717) is 27.1 Å². The van der Waals surface area contributed by atoms with Crippen molar-refractivity contribution < 1.29 is 58.1 Å². The minimum atomic E-state index is -1.22. The predicted octanol–water partition coefficient (Wildman–Crippen LogP) is -1.43. The van der Waals surface area contributed by atoms with Gasteiger partial charge in [-0.25, -0.2) is 4.79 Å². The number of benzene rings is 3. The van der Waals surface area contributed by atoms with Crippen LogP contribution in [0, 0.1) is 0 Å². The number of nitrogens with one attached hydrogen (secondary N) is 2. The van der Waals surface area contributed by atoms with Crippen molar-refractivity contribution in [3.05, 3.63) is 88.5 Å². The third-order valence-corrected chi connectivity index (χ3v) is 9.70. The average Bonchev–Trinajstić information content (AvgIpc) is 3.92. The molecule has 0 radical (unpaired) electrons. The first-order valence-corrected chi connectivity index (χ1v) is 17.0. The molecule has 0 bridgehead atoms. The molecule has 2 saturated heterocycles. The Morgan fingerprint density at radius 2 is 1.47 bits per heavy atom. The van der Waals surface area contributed by atoms with Crippen molar-refractivity contribution in [2.75, 3.05) is 6.54 Å². The Bertz CT molecular complexity index is 1980. The monoisotopic (exact) mass is 724 g/mol. The van der Waals surface area contributed by atoms with Gasteiger partial charge in [0.15, 0.2) is 0 Å². The summed E-state index contributed by atoms with van der Waals surface area (Å²) in [6, 6.07) is 12.8. The van der Waals surface area contributed by atoms with Crippen molar-refractivity contribution in [1.29, 1.82) is 0 Å². The van der Waals surface area contributed by atoms with Crippen LogP contribution in [0.1, 0.15) is 63.1 Å². The molecule has 3 aromatic rings. The topological polar surface area (TPSA) is 221 Å². The van der Waals surface area contributed by atoms with Gasteiger partial charge >= 0.3 is 20.2 Å². The third kappa shape index (κ3) is 7.66. The van der Waals surface area contributed by atoms with Gasteiger partial charge in [0.1, 0.15) is 11.8 Å². The molecule has 18 heteroatoms. The molecule has 0 spiro atoms. The van der Waals surface area contributed by atoms with Crippen molar-refractivity contribution in [3.8, 4) is 5.75 Å². The predicted molar refractivity (Wildman–Crippen MR) is 184 cm³/mol. The van der Waals surface area contributed by atoms with Crippen molar-refractivity contribution >= 4 is 60.7 Å². The second-order valence-electron chi connectivity index (χ2n) is 13.4. The number of imide groups is 1. The number of nitrogens with zero attached hydrogens (tertiary/aromatic N) is 2. The Morgan fingerprint density at radius 3 is 2.11 bits per heavy atom. The molecule has 53 heavy (non-hydrogen) atoms. The molecular formula is C35H34B2N4O12. The number of carbonyl (C=O) groups excluding carboxylic acids is 6. The van der Waals surface area contributed by atoms with Crippen LogP contribution in [0.4, 0.5) is 0 Å². The zero-order valence-corrected chi connectivity index (χ0v) is 28.2. The maximum absolute atomic E-state index is 14.2. The molecule has 4 aliphatic heterocycles. The molecule has 0 unspecified atom stereocenters. The van der Waals surface area contributed by atoms with Gasteiger partial charge in [-0.05, 0) is 76.9 Å². The van der Waals surface area contributed by atoms with E-state index >= 15 is 0 Å². The number of hydrogen-bond acceptors (Lipinski definition) is 12. The van der Waals surface area contributed by atoms with Crippen LogP contribution in [0.5, 0.6) is 5.75 Å². The zero-order chi connectivity index (χ0) is 37.4. The molecule has 5 amide bonds. The summed E-state index contributed by atoms with van der Waals surface area (Å²) in [5.74, 6) is -3.97. The number of likely N-dealkylation sites (tertiary alicyclic amines) is 1. The number of aromatic hydroxyl groups is 1. The lowest BCUT2D eigenvalue weighted by molar-refractivity contribution is -0.197. The Kier molecular flexibility index (Phi) is 10.0. The van der Waals surface area contributed by atoms with E-state index < -0.39 is 74.3 Å². The largest absolute Gasteiger partial charge is 0.508 e. The minimum absolute atomic E-state index is 0.00281. The number of rotatable bonds is 10. The molecular weight excluding hydrogens is 690 g/mol. The van der Waals surface area contributed by atoms with E-state index in [9.17, 15) is 43.9 Å². The van der Waals surface area contributed by atoms with E-state index in [0.717, 1.165) is 5.56 Å². The van der Waals surface area contributed by atoms with Crippen LogP contribution in [0.3, 0.4) is 0 Å². The molecule has 3 atom stereocenters. The number of phenolic OH excluding ortho intramolecular Hbond substituents is 1. The molecule has 5 N–H and O–H groups in total.